The van der Waals surface area contributed by atoms with Gasteiger partial charge < -0.3 is 5.73 Å². The van der Waals surface area contributed by atoms with Gasteiger partial charge in [-0.2, -0.15) is 0 Å². The van der Waals surface area contributed by atoms with Crippen molar-refractivity contribution >= 4 is 27.3 Å². The summed E-state index contributed by atoms with van der Waals surface area (Å²) in [7, 11) is 0. The molecular weight excluding hydrogens is 258 g/mol. The van der Waals surface area contributed by atoms with Crippen molar-refractivity contribution in [2.75, 3.05) is 0 Å². The molecule has 78 valence electrons. The fourth-order valence-electron chi connectivity index (χ4n) is 2.18. The van der Waals surface area contributed by atoms with E-state index in [9.17, 15) is 0 Å². The van der Waals surface area contributed by atoms with Crippen molar-refractivity contribution < 1.29 is 0 Å². The van der Waals surface area contributed by atoms with Crippen LogP contribution in [0.25, 0.3) is 0 Å². The number of thiophene rings is 1. The van der Waals surface area contributed by atoms with E-state index >= 15 is 0 Å². The van der Waals surface area contributed by atoms with Gasteiger partial charge in [-0.1, -0.05) is 13.3 Å². The molecule has 0 aromatic carbocycles. The second kappa shape index (κ2) is 3.95. The molecule has 1 atom stereocenters. The highest BCUT2D eigenvalue weighted by atomic mass is 79.9. The van der Waals surface area contributed by atoms with Gasteiger partial charge in [-0.3, -0.25) is 0 Å². The molecule has 1 aliphatic carbocycles. The number of nitrogens with two attached hydrogens (primary N) is 1. The first-order valence-corrected chi connectivity index (χ1v) is 6.76. The van der Waals surface area contributed by atoms with E-state index in [1.54, 1.807) is 11.3 Å². The monoisotopic (exact) mass is 273 g/mol. The van der Waals surface area contributed by atoms with Crippen molar-refractivity contribution in [3.05, 3.63) is 20.8 Å². The lowest BCUT2D eigenvalue weighted by Gasteiger charge is -2.40. The highest BCUT2D eigenvalue weighted by Gasteiger charge is 2.34. The highest BCUT2D eigenvalue weighted by Crippen LogP contribution is 2.47. The van der Waals surface area contributed by atoms with Gasteiger partial charge in [-0.25, -0.2) is 0 Å². The van der Waals surface area contributed by atoms with Crippen LogP contribution in [0.4, 0.5) is 0 Å². The minimum atomic E-state index is 0.217. The van der Waals surface area contributed by atoms with Crippen LogP contribution in [0.5, 0.6) is 0 Å². The van der Waals surface area contributed by atoms with E-state index in [0.717, 1.165) is 6.42 Å². The van der Waals surface area contributed by atoms with Crippen molar-refractivity contribution in [3.8, 4) is 0 Å². The largest absolute Gasteiger partial charge is 0.323 e. The van der Waals surface area contributed by atoms with Gasteiger partial charge in [0.15, 0.2) is 0 Å². The molecular formula is C11H16BrNS. The van der Waals surface area contributed by atoms with Crippen LogP contribution < -0.4 is 5.73 Å². The summed E-state index contributed by atoms with van der Waals surface area (Å²) in [6, 6.07) is 2.30. The van der Waals surface area contributed by atoms with E-state index in [1.807, 2.05) is 0 Å². The zero-order chi connectivity index (χ0) is 10.2. The first kappa shape index (κ1) is 10.7. The molecule has 0 amide bonds. The molecule has 2 N–H and O–H groups in total. The molecule has 1 aromatic rings. The number of hydrogen-bond acceptors (Lipinski definition) is 2. The normalized spacial score (nSPS) is 21.6. The fraction of sp³-hybridized carbons (Fsp3) is 0.636. The minimum Gasteiger partial charge on any atom is -0.323 e. The fourth-order valence-corrected chi connectivity index (χ4v) is 3.85. The third-order valence-electron chi connectivity index (χ3n) is 3.25. The van der Waals surface area contributed by atoms with Crippen molar-refractivity contribution in [3.63, 3.8) is 0 Å². The van der Waals surface area contributed by atoms with Crippen molar-refractivity contribution in [2.45, 2.75) is 38.6 Å². The Kier molecular flexibility index (Phi) is 3.01. The molecule has 14 heavy (non-hydrogen) atoms. The smallest absolute Gasteiger partial charge is 0.0406 e. The van der Waals surface area contributed by atoms with Gasteiger partial charge in [0.25, 0.3) is 0 Å². The van der Waals surface area contributed by atoms with Crippen LogP contribution in [0.1, 0.15) is 43.5 Å². The van der Waals surface area contributed by atoms with E-state index in [1.165, 1.54) is 28.6 Å². The van der Waals surface area contributed by atoms with Crippen LogP contribution in [0.15, 0.2) is 15.9 Å². The molecule has 0 spiro atoms. The minimum absolute atomic E-state index is 0.217. The van der Waals surface area contributed by atoms with E-state index in [4.69, 9.17) is 5.73 Å². The number of halogens is 1. The third kappa shape index (κ3) is 2.05. The van der Waals surface area contributed by atoms with Crippen molar-refractivity contribution in [1.29, 1.82) is 0 Å². The molecule has 1 fully saturated rings. The maximum Gasteiger partial charge on any atom is 0.0406 e. The lowest BCUT2D eigenvalue weighted by molar-refractivity contribution is 0.135. The van der Waals surface area contributed by atoms with Gasteiger partial charge >= 0.3 is 0 Å². The predicted octanol–water partition coefficient (Wildman–Crippen LogP) is 4.09. The van der Waals surface area contributed by atoms with Gasteiger partial charge in [0, 0.05) is 15.4 Å². The molecule has 0 bridgehead atoms. The van der Waals surface area contributed by atoms with Gasteiger partial charge in [0.05, 0.1) is 0 Å². The average Bonchev–Trinajstić information content (AvgIpc) is 2.48. The Balaban J connectivity index is 2.02. The zero-order valence-corrected chi connectivity index (χ0v) is 10.8. The number of rotatable bonds is 3. The molecule has 1 nitrogen and oxygen atoms in total. The Morgan fingerprint density at radius 1 is 1.64 bits per heavy atom. The Labute approximate surface area is 97.8 Å². The molecule has 1 heterocycles. The highest BCUT2D eigenvalue weighted by molar-refractivity contribution is 9.10. The lowest BCUT2D eigenvalue weighted by atomic mass is 9.67. The van der Waals surface area contributed by atoms with Crippen LogP contribution in [0.3, 0.4) is 0 Å². The van der Waals surface area contributed by atoms with E-state index in [2.05, 4.69) is 34.3 Å². The van der Waals surface area contributed by atoms with Crippen LogP contribution in [-0.4, -0.2) is 0 Å². The molecule has 1 aliphatic rings. The summed E-state index contributed by atoms with van der Waals surface area (Å²) in [4.78, 5) is 1.30. The summed E-state index contributed by atoms with van der Waals surface area (Å²) in [6.45, 7) is 2.36. The first-order chi connectivity index (χ1) is 6.61. The van der Waals surface area contributed by atoms with Crippen LogP contribution in [0.2, 0.25) is 0 Å². The molecule has 1 unspecified atom stereocenters. The van der Waals surface area contributed by atoms with Crippen LogP contribution in [-0.2, 0) is 0 Å². The van der Waals surface area contributed by atoms with Crippen molar-refractivity contribution in [1.82, 2.24) is 0 Å². The molecule has 1 aromatic heterocycles. The Morgan fingerprint density at radius 2 is 2.36 bits per heavy atom. The average molecular weight is 274 g/mol. The summed E-state index contributed by atoms with van der Waals surface area (Å²) in [5.74, 6) is 0. The molecule has 3 heteroatoms. The lowest BCUT2D eigenvalue weighted by Crippen LogP contribution is -2.30. The van der Waals surface area contributed by atoms with E-state index in [-0.39, 0.29) is 6.04 Å². The van der Waals surface area contributed by atoms with E-state index < -0.39 is 0 Å². The van der Waals surface area contributed by atoms with Gasteiger partial charge in [-0.15, -0.1) is 11.3 Å². The summed E-state index contributed by atoms with van der Waals surface area (Å²) in [5.41, 5.74) is 6.73. The topological polar surface area (TPSA) is 26.0 Å². The predicted molar refractivity (Wildman–Crippen MR) is 65.5 cm³/mol. The Morgan fingerprint density at radius 3 is 2.79 bits per heavy atom. The molecule has 1 saturated carbocycles. The molecule has 0 aliphatic heterocycles. The quantitative estimate of drug-likeness (QED) is 0.882. The maximum atomic E-state index is 6.22. The molecule has 0 radical (unpaired) electrons. The maximum absolute atomic E-state index is 6.22. The standard InChI is InChI=1S/C11H16BrNS/c1-11(4-2-5-11)7-9(13)10-8(12)3-6-14-10/h3,6,9H,2,4-5,7,13H2,1H3. The van der Waals surface area contributed by atoms with Gasteiger partial charge in [-0.05, 0) is 52.1 Å². The Bertz CT molecular complexity index is 317. The molecule has 0 saturated heterocycles. The second-order valence-corrected chi connectivity index (χ2v) is 6.41. The number of hydrogen-bond donors (Lipinski definition) is 1. The SMILES string of the molecule is CC1(CC(N)c2sccc2Br)CCC1. The van der Waals surface area contributed by atoms with Crippen LogP contribution >= 0.6 is 27.3 Å². The van der Waals surface area contributed by atoms with Crippen molar-refractivity contribution in [2.24, 2.45) is 11.1 Å². The Hall–Kier alpha value is 0.140. The van der Waals surface area contributed by atoms with E-state index in [0.29, 0.717) is 5.41 Å². The summed E-state index contributed by atoms with van der Waals surface area (Å²) in [6.07, 6.45) is 5.22. The summed E-state index contributed by atoms with van der Waals surface area (Å²) < 4.78 is 1.18. The van der Waals surface area contributed by atoms with Gasteiger partial charge in [0.2, 0.25) is 0 Å². The first-order valence-electron chi connectivity index (χ1n) is 5.09. The van der Waals surface area contributed by atoms with Crippen LogP contribution in [0, 0.1) is 5.41 Å². The third-order valence-corrected chi connectivity index (χ3v) is 5.26. The zero-order valence-electron chi connectivity index (χ0n) is 8.42. The molecule has 2 rings (SSSR count). The summed E-state index contributed by atoms with van der Waals surface area (Å²) in [5, 5.41) is 2.10. The second-order valence-electron chi connectivity index (χ2n) is 4.61. The summed E-state index contributed by atoms with van der Waals surface area (Å²) >= 11 is 5.31. The van der Waals surface area contributed by atoms with Gasteiger partial charge in [0.1, 0.15) is 0 Å².